The second-order valence-corrected chi connectivity index (χ2v) is 2.73. The highest BCUT2D eigenvalue weighted by molar-refractivity contribution is 6.57. The van der Waals surface area contributed by atoms with Gasteiger partial charge < -0.3 is 18.1 Å². The maximum absolute atomic E-state index is 11.9. The SMILES string of the molecule is OCc1ccnc(C[B-](F)(F)F)c1. The van der Waals surface area contributed by atoms with E-state index in [1.807, 2.05) is 0 Å². The van der Waals surface area contributed by atoms with E-state index in [2.05, 4.69) is 4.98 Å². The molecule has 0 amide bonds. The van der Waals surface area contributed by atoms with Crippen molar-refractivity contribution in [3.05, 3.63) is 29.6 Å². The Labute approximate surface area is 73.5 Å². The zero-order valence-corrected chi connectivity index (χ0v) is 6.75. The molecule has 0 bridgehead atoms. The average Bonchev–Trinajstić information content (AvgIpc) is 2.01. The summed E-state index contributed by atoms with van der Waals surface area (Å²) in [6, 6.07) is 2.74. The zero-order chi connectivity index (χ0) is 9.90. The number of halogens is 3. The van der Waals surface area contributed by atoms with E-state index < -0.39 is 13.3 Å². The van der Waals surface area contributed by atoms with E-state index in [1.54, 1.807) is 0 Å². The second-order valence-electron chi connectivity index (χ2n) is 2.73. The van der Waals surface area contributed by atoms with Crippen LogP contribution in [0.4, 0.5) is 12.9 Å². The van der Waals surface area contributed by atoms with Crippen molar-refractivity contribution < 1.29 is 18.1 Å². The number of hydrogen-bond donors (Lipinski definition) is 1. The van der Waals surface area contributed by atoms with Gasteiger partial charge >= 0.3 is 6.98 Å². The third kappa shape index (κ3) is 3.46. The van der Waals surface area contributed by atoms with E-state index in [0.29, 0.717) is 5.56 Å². The van der Waals surface area contributed by atoms with Crippen LogP contribution >= 0.6 is 0 Å². The highest BCUT2D eigenvalue weighted by atomic mass is 19.4. The van der Waals surface area contributed by atoms with Crippen LogP contribution in [0, 0.1) is 0 Å². The topological polar surface area (TPSA) is 33.1 Å². The molecule has 0 saturated carbocycles. The van der Waals surface area contributed by atoms with E-state index >= 15 is 0 Å². The average molecular weight is 190 g/mol. The van der Waals surface area contributed by atoms with Gasteiger partial charge in [-0.2, -0.15) is 0 Å². The standard InChI is InChI=1S/C7H8BF3NO/c9-8(10,11)4-7-3-6(5-13)1-2-12-7/h1-3,13H,4-5H2/q-1. The number of aliphatic hydroxyl groups excluding tert-OH is 1. The first-order chi connectivity index (χ1) is 6.01. The van der Waals surface area contributed by atoms with Crippen molar-refractivity contribution in [2.24, 2.45) is 0 Å². The molecule has 2 nitrogen and oxygen atoms in total. The normalized spacial score (nSPS) is 11.7. The molecule has 1 aromatic rings. The first kappa shape index (κ1) is 10.0. The fourth-order valence-corrected chi connectivity index (χ4v) is 0.975. The summed E-state index contributed by atoms with van der Waals surface area (Å²) in [6.07, 6.45) is 0.274. The smallest absolute Gasteiger partial charge is 0.449 e. The Morgan fingerprint density at radius 2 is 2.08 bits per heavy atom. The van der Waals surface area contributed by atoms with Crippen LogP contribution in [0.5, 0.6) is 0 Å². The summed E-state index contributed by atoms with van der Waals surface area (Å²) in [5.41, 5.74) is 0.407. The number of pyridine rings is 1. The summed E-state index contributed by atoms with van der Waals surface area (Å²) >= 11 is 0. The van der Waals surface area contributed by atoms with Crippen LogP contribution in [-0.2, 0) is 12.9 Å². The van der Waals surface area contributed by atoms with Gasteiger partial charge in [0, 0.05) is 11.9 Å². The molecule has 0 aromatic carbocycles. The lowest BCUT2D eigenvalue weighted by Crippen LogP contribution is -2.20. The summed E-state index contributed by atoms with van der Waals surface area (Å²) in [5.74, 6) is 0. The molecule has 13 heavy (non-hydrogen) atoms. The molecule has 1 rings (SSSR count). The predicted octanol–water partition coefficient (Wildman–Crippen LogP) is 1.50. The Morgan fingerprint density at radius 1 is 1.38 bits per heavy atom. The molecule has 0 fully saturated rings. The molecule has 0 atom stereocenters. The minimum Gasteiger partial charge on any atom is -0.449 e. The molecule has 0 saturated heterocycles. The predicted molar refractivity (Wildman–Crippen MR) is 42.9 cm³/mol. The van der Waals surface area contributed by atoms with Crippen molar-refractivity contribution in [3.63, 3.8) is 0 Å². The summed E-state index contributed by atoms with van der Waals surface area (Å²) in [5, 5.41) is 8.66. The molecule has 1 aromatic heterocycles. The van der Waals surface area contributed by atoms with Crippen LogP contribution in [0.3, 0.4) is 0 Å². The number of hydrogen-bond acceptors (Lipinski definition) is 2. The Morgan fingerprint density at radius 3 is 2.62 bits per heavy atom. The highest BCUT2D eigenvalue weighted by Crippen LogP contribution is 2.15. The van der Waals surface area contributed by atoms with Crippen LogP contribution < -0.4 is 0 Å². The first-order valence-corrected chi connectivity index (χ1v) is 3.77. The third-order valence-corrected chi connectivity index (χ3v) is 1.50. The minimum absolute atomic E-state index is 0.0425. The van der Waals surface area contributed by atoms with Gasteiger partial charge in [0.15, 0.2) is 0 Å². The summed E-state index contributed by atoms with van der Waals surface area (Å²) in [6.45, 7) is -5.11. The Bertz CT molecular complexity index is 289. The van der Waals surface area contributed by atoms with E-state index in [1.165, 1.54) is 18.3 Å². The second kappa shape index (κ2) is 3.78. The fourth-order valence-electron chi connectivity index (χ4n) is 0.975. The maximum Gasteiger partial charge on any atom is 0.484 e. The van der Waals surface area contributed by atoms with Crippen molar-refractivity contribution in [2.45, 2.75) is 12.9 Å². The van der Waals surface area contributed by atoms with Gasteiger partial charge in [0.25, 0.3) is 0 Å². The molecule has 0 unspecified atom stereocenters. The maximum atomic E-state index is 11.9. The zero-order valence-electron chi connectivity index (χ0n) is 6.75. The van der Waals surface area contributed by atoms with Gasteiger partial charge in [-0.05, 0) is 24.0 Å². The Balaban J connectivity index is 2.78. The van der Waals surface area contributed by atoms with E-state index in [-0.39, 0.29) is 12.3 Å². The van der Waals surface area contributed by atoms with Crippen LogP contribution in [0.2, 0.25) is 0 Å². The van der Waals surface area contributed by atoms with Crippen molar-refractivity contribution in [1.29, 1.82) is 0 Å². The van der Waals surface area contributed by atoms with Crippen LogP contribution in [-0.4, -0.2) is 17.1 Å². The lowest BCUT2D eigenvalue weighted by atomic mass is 9.84. The molecule has 0 radical (unpaired) electrons. The fraction of sp³-hybridized carbons (Fsp3) is 0.286. The number of rotatable bonds is 3. The molecular formula is C7H8BF3NO-. The third-order valence-electron chi connectivity index (χ3n) is 1.50. The van der Waals surface area contributed by atoms with Gasteiger partial charge in [-0.15, -0.1) is 0 Å². The molecule has 1 heterocycles. The number of aliphatic hydroxyl groups is 1. The van der Waals surface area contributed by atoms with Crippen molar-refractivity contribution >= 4 is 6.98 Å². The molecule has 0 spiro atoms. The highest BCUT2D eigenvalue weighted by Gasteiger charge is 2.23. The van der Waals surface area contributed by atoms with E-state index in [4.69, 9.17) is 5.11 Å². The molecule has 72 valence electrons. The number of nitrogens with zero attached hydrogens (tertiary/aromatic N) is 1. The van der Waals surface area contributed by atoms with Crippen LogP contribution in [0.15, 0.2) is 18.3 Å². The molecule has 6 heteroatoms. The lowest BCUT2D eigenvalue weighted by molar-refractivity contribution is 0.281. The summed E-state index contributed by atoms with van der Waals surface area (Å²) in [4.78, 5) is 3.56. The van der Waals surface area contributed by atoms with Gasteiger partial charge in [0.1, 0.15) is 0 Å². The van der Waals surface area contributed by atoms with Crippen molar-refractivity contribution in [3.8, 4) is 0 Å². The van der Waals surface area contributed by atoms with E-state index in [0.717, 1.165) is 0 Å². The molecular weight excluding hydrogens is 182 g/mol. The van der Waals surface area contributed by atoms with Gasteiger partial charge in [-0.1, -0.05) is 0 Å². The van der Waals surface area contributed by atoms with Gasteiger partial charge in [0.05, 0.1) is 6.61 Å². The summed E-state index contributed by atoms with van der Waals surface area (Å²) in [7, 11) is 0. The first-order valence-electron chi connectivity index (χ1n) is 3.77. The van der Waals surface area contributed by atoms with Gasteiger partial charge in [0.2, 0.25) is 0 Å². The van der Waals surface area contributed by atoms with Crippen LogP contribution in [0.1, 0.15) is 11.3 Å². The Hall–Kier alpha value is -1.04. The number of aromatic nitrogens is 1. The molecule has 0 aliphatic rings. The largest absolute Gasteiger partial charge is 0.484 e. The summed E-state index contributed by atoms with van der Waals surface area (Å²) < 4.78 is 35.8. The minimum atomic E-state index is -4.85. The van der Waals surface area contributed by atoms with Gasteiger partial charge in [-0.3, -0.25) is 4.98 Å². The molecule has 1 N–H and O–H groups in total. The Kier molecular flexibility index (Phi) is 2.92. The van der Waals surface area contributed by atoms with Crippen molar-refractivity contribution in [1.82, 2.24) is 4.98 Å². The monoisotopic (exact) mass is 190 g/mol. The molecule has 0 aliphatic heterocycles. The van der Waals surface area contributed by atoms with Crippen LogP contribution in [0.25, 0.3) is 0 Å². The quantitative estimate of drug-likeness (QED) is 0.732. The van der Waals surface area contributed by atoms with E-state index in [9.17, 15) is 12.9 Å². The lowest BCUT2D eigenvalue weighted by Gasteiger charge is -2.12. The molecule has 0 aliphatic carbocycles. The van der Waals surface area contributed by atoms with Gasteiger partial charge in [-0.25, -0.2) is 0 Å². The van der Waals surface area contributed by atoms with Crippen molar-refractivity contribution in [2.75, 3.05) is 0 Å².